The average Bonchev–Trinajstić information content (AvgIpc) is 2.38. The average molecular weight is 278 g/mol. The molecule has 4 heteroatoms. The lowest BCUT2D eigenvalue weighted by atomic mass is 9.85. The van der Waals surface area contributed by atoms with Gasteiger partial charge in [-0.05, 0) is 24.0 Å². The number of ether oxygens (including phenoxy) is 1. The molecule has 1 heterocycles. The van der Waals surface area contributed by atoms with E-state index >= 15 is 0 Å². The quantitative estimate of drug-likeness (QED) is 0.887. The van der Waals surface area contributed by atoms with Crippen molar-refractivity contribution in [2.75, 3.05) is 18.2 Å². The van der Waals surface area contributed by atoms with Gasteiger partial charge in [0.15, 0.2) is 5.17 Å². The lowest BCUT2D eigenvalue weighted by Crippen LogP contribution is -2.30. The van der Waals surface area contributed by atoms with E-state index in [1.807, 2.05) is 24.3 Å². The van der Waals surface area contributed by atoms with E-state index in [4.69, 9.17) is 9.73 Å². The molecule has 0 amide bonds. The standard InChI is InChI=1S/C15H22N2OS/c1-15(2,3)13-8-9-19-14(17-13)16-11-6-5-7-12(10-11)18-4/h5-7,10,13H,8-9H2,1-4H3,(H,16,17). The monoisotopic (exact) mass is 278 g/mol. The maximum absolute atomic E-state index is 5.23. The Hall–Kier alpha value is -1.16. The predicted molar refractivity (Wildman–Crippen MR) is 84.4 cm³/mol. The minimum Gasteiger partial charge on any atom is -0.497 e. The maximum Gasteiger partial charge on any atom is 0.161 e. The summed E-state index contributed by atoms with van der Waals surface area (Å²) in [5.74, 6) is 1.98. The molecule has 0 saturated carbocycles. The smallest absolute Gasteiger partial charge is 0.161 e. The van der Waals surface area contributed by atoms with Gasteiger partial charge in [-0.3, -0.25) is 4.99 Å². The molecule has 104 valence electrons. The van der Waals surface area contributed by atoms with Crippen LogP contribution >= 0.6 is 11.8 Å². The summed E-state index contributed by atoms with van der Waals surface area (Å²) in [4.78, 5) is 4.83. The molecule has 0 spiro atoms. The minimum absolute atomic E-state index is 0.224. The molecule has 0 bridgehead atoms. The van der Waals surface area contributed by atoms with Crippen molar-refractivity contribution < 1.29 is 4.74 Å². The Morgan fingerprint density at radius 2 is 2.16 bits per heavy atom. The maximum atomic E-state index is 5.23. The van der Waals surface area contributed by atoms with Crippen LogP contribution in [0.5, 0.6) is 5.75 Å². The molecule has 1 aliphatic rings. The number of nitrogens with zero attached hydrogens (tertiary/aromatic N) is 1. The number of methoxy groups -OCH3 is 1. The second kappa shape index (κ2) is 5.87. The van der Waals surface area contributed by atoms with Gasteiger partial charge in [-0.25, -0.2) is 0 Å². The zero-order valence-electron chi connectivity index (χ0n) is 12.1. The third kappa shape index (κ3) is 3.90. The number of rotatable bonds is 2. The predicted octanol–water partition coefficient (Wildman–Crippen LogP) is 4.01. The molecule has 1 aromatic rings. The first-order chi connectivity index (χ1) is 8.99. The second-order valence-corrected chi connectivity index (χ2v) is 6.89. The molecule has 0 radical (unpaired) electrons. The minimum atomic E-state index is 0.224. The van der Waals surface area contributed by atoms with Crippen molar-refractivity contribution in [3.05, 3.63) is 24.3 Å². The summed E-state index contributed by atoms with van der Waals surface area (Å²) in [5, 5.41) is 4.40. The van der Waals surface area contributed by atoms with Gasteiger partial charge < -0.3 is 10.1 Å². The summed E-state index contributed by atoms with van der Waals surface area (Å²) in [5.41, 5.74) is 1.25. The van der Waals surface area contributed by atoms with Crippen molar-refractivity contribution in [2.45, 2.75) is 33.2 Å². The van der Waals surface area contributed by atoms with Crippen LogP contribution < -0.4 is 10.1 Å². The molecule has 1 N–H and O–H groups in total. The van der Waals surface area contributed by atoms with Crippen LogP contribution in [0.3, 0.4) is 0 Å². The van der Waals surface area contributed by atoms with Crippen molar-refractivity contribution in [2.24, 2.45) is 10.4 Å². The van der Waals surface area contributed by atoms with Gasteiger partial charge in [0.1, 0.15) is 5.75 Å². The van der Waals surface area contributed by atoms with E-state index in [-0.39, 0.29) is 5.41 Å². The summed E-state index contributed by atoms with van der Waals surface area (Å²) < 4.78 is 5.23. The number of nitrogens with one attached hydrogen (secondary N) is 1. The first kappa shape index (κ1) is 14.3. The summed E-state index contributed by atoms with van der Waals surface area (Å²) in [7, 11) is 1.68. The summed E-state index contributed by atoms with van der Waals surface area (Å²) in [6, 6.07) is 8.34. The first-order valence-corrected chi connectivity index (χ1v) is 7.59. The Labute approximate surface area is 119 Å². The van der Waals surface area contributed by atoms with Crippen molar-refractivity contribution >= 4 is 22.6 Å². The van der Waals surface area contributed by atoms with Gasteiger partial charge in [0.25, 0.3) is 0 Å². The van der Waals surface area contributed by atoms with Gasteiger partial charge >= 0.3 is 0 Å². The zero-order chi connectivity index (χ0) is 13.9. The fourth-order valence-corrected chi connectivity index (χ4v) is 2.96. The third-order valence-corrected chi connectivity index (χ3v) is 4.14. The molecule has 1 aliphatic heterocycles. The van der Waals surface area contributed by atoms with Crippen LogP contribution in [0, 0.1) is 5.41 Å². The second-order valence-electron chi connectivity index (χ2n) is 5.81. The highest BCUT2D eigenvalue weighted by Crippen LogP contribution is 2.31. The number of thioether (sulfide) groups is 1. The molecule has 19 heavy (non-hydrogen) atoms. The van der Waals surface area contributed by atoms with Gasteiger partial charge in [0.05, 0.1) is 13.2 Å². The molecule has 1 unspecified atom stereocenters. The normalized spacial score (nSPS) is 19.8. The summed E-state index contributed by atoms with van der Waals surface area (Å²) in [6.07, 6.45) is 1.15. The van der Waals surface area contributed by atoms with E-state index in [2.05, 4.69) is 26.1 Å². The number of benzene rings is 1. The molecule has 0 saturated heterocycles. The van der Waals surface area contributed by atoms with Gasteiger partial charge in [-0.15, -0.1) is 0 Å². The highest BCUT2D eigenvalue weighted by Gasteiger charge is 2.27. The van der Waals surface area contributed by atoms with Crippen LogP contribution in [0.15, 0.2) is 29.3 Å². The van der Waals surface area contributed by atoms with Gasteiger partial charge in [-0.1, -0.05) is 38.6 Å². The summed E-state index contributed by atoms with van der Waals surface area (Å²) >= 11 is 1.79. The Morgan fingerprint density at radius 3 is 2.84 bits per heavy atom. The fourth-order valence-electron chi connectivity index (χ4n) is 2.03. The number of amidine groups is 1. The Morgan fingerprint density at radius 1 is 1.37 bits per heavy atom. The molecule has 0 aromatic heterocycles. The van der Waals surface area contributed by atoms with Crippen molar-refractivity contribution in [1.82, 2.24) is 0 Å². The largest absolute Gasteiger partial charge is 0.497 e. The first-order valence-electron chi connectivity index (χ1n) is 6.61. The van der Waals surface area contributed by atoms with E-state index in [1.165, 1.54) is 0 Å². The van der Waals surface area contributed by atoms with Gasteiger partial charge in [-0.2, -0.15) is 0 Å². The van der Waals surface area contributed by atoms with Crippen LogP contribution in [-0.4, -0.2) is 24.1 Å². The lowest BCUT2D eigenvalue weighted by Gasteiger charge is -2.31. The topological polar surface area (TPSA) is 33.6 Å². The van der Waals surface area contributed by atoms with E-state index in [9.17, 15) is 0 Å². The lowest BCUT2D eigenvalue weighted by molar-refractivity contribution is 0.316. The van der Waals surface area contributed by atoms with Crippen LogP contribution in [0.1, 0.15) is 27.2 Å². The van der Waals surface area contributed by atoms with E-state index in [1.54, 1.807) is 18.9 Å². The van der Waals surface area contributed by atoms with Gasteiger partial charge in [0, 0.05) is 17.5 Å². The van der Waals surface area contributed by atoms with Crippen molar-refractivity contribution in [3.63, 3.8) is 0 Å². The highest BCUT2D eigenvalue weighted by atomic mass is 32.2. The van der Waals surface area contributed by atoms with Gasteiger partial charge in [0.2, 0.25) is 0 Å². The Kier molecular flexibility index (Phi) is 4.40. The van der Waals surface area contributed by atoms with Crippen LogP contribution in [0.2, 0.25) is 0 Å². The molecule has 0 aliphatic carbocycles. The van der Waals surface area contributed by atoms with Crippen LogP contribution in [0.25, 0.3) is 0 Å². The molecular formula is C15H22N2OS. The van der Waals surface area contributed by atoms with Crippen molar-refractivity contribution in [3.8, 4) is 5.75 Å². The SMILES string of the molecule is COc1cccc(NC2=NC(C(C)(C)C)CCS2)c1. The number of hydrogen-bond donors (Lipinski definition) is 1. The van der Waals surface area contributed by atoms with Crippen molar-refractivity contribution in [1.29, 1.82) is 0 Å². The molecular weight excluding hydrogens is 256 g/mol. The van der Waals surface area contributed by atoms with Crippen LogP contribution in [-0.2, 0) is 0 Å². The Bertz CT molecular complexity index is 465. The molecule has 1 aromatic carbocycles. The highest BCUT2D eigenvalue weighted by molar-refractivity contribution is 8.14. The number of anilines is 1. The van der Waals surface area contributed by atoms with E-state index in [0.717, 1.165) is 28.8 Å². The zero-order valence-corrected chi connectivity index (χ0v) is 12.9. The van der Waals surface area contributed by atoms with E-state index in [0.29, 0.717) is 6.04 Å². The fraction of sp³-hybridized carbons (Fsp3) is 0.533. The third-order valence-electron chi connectivity index (χ3n) is 3.22. The molecule has 0 fully saturated rings. The number of aliphatic imine (C=N–C) groups is 1. The van der Waals surface area contributed by atoms with Crippen LogP contribution in [0.4, 0.5) is 5.69 Å². The summed E-state index contributed by atoms with van der Waals surface area (Å²) in [6.45, 7) is 6.75. The van der Waals surface area contributed by atoms with E-state index < -0.39 is 0 Å². The molecule has 2 rings (SSSR count). The number of hydrogen-bond acceptors (Lipinski definition) is 4. The molecule has 1 atom stereocenters. The molecule has 3 nitrogen and oxygen atoms in total. The Balaban J connectivity index is 2.11.